The number of aliphatic imine (C=N–C) groups is 1. The highest BCUT2D eigenvalue weighted by atomic mass is 35.5. The summed E-state index contributed by atoms with van der Waals surface area (Å²) < 4.78 is 33.7. The number of ether oxygens (including phenoxy) is 1. The van der Waals surface area contributed by atoms with Gasteiger partial charge in [0.15, 0.2) is 5.83 Å². The number of aromatic nitrogens is 1. The lowest BCUT2D eigenvalue weighted by Crippen LogP contribution is -2.33. The molecule has 188 valence electrons. The van der Waals surface area contributed by atoms with Gasteiger partial charge in [0.2, 0.25) is 5.91 Å². The number of allylic oxidation sites excluding steroid dienone is 1. The number of carbonyl (C=O) groups is 2. The minimum atomic E-state index is -0.687. The summed E-state index contributed by atoms with van der Waals surface area (Å²) in [5, 5.41) is 0.740. The van der Waals surface area contributed by atoms with Crippen LogP contribution in [0.1, 0.15) is 30.7 Å². The molecule has 0 bridgehead atoms. The number of rotatable bonds is 9. The van der Waals surface area contributed by atoms with Crippen LogP contribution in [0.5, 0.6) is 5.75 Å². The second kappa shape index (κ2) is 11.7. The van der Waals surface area contributed by atoms with E-state index >= 15 is 0 Å². The Hall–Kier alpha value is -3.85. The van der Waals surface area contributed by atoms with Crippen molar-refractivity contribution in [3.05, 3.63) is 76.1 Å². The summed E-state index contributed by atoms with van der Waals surface area (Å²) in [6, 6.07) is 9.34. The van der Waals surface area contributed by atoms with Crippen LogP contribution in [-0.2, 0) is 22.7 Å². The topological polar surface area (TPSA) is 97.9 Å². The second-order valence-corrected chi connectivity index (χ2v) is 8.54. The maximum absolute atomic E-state index is 14.2. The number of fused-ring (bicyclic) bond motifs is 1. The number of Topliss-reactive ketones (excluding diaryl/α,β-unsaturated/α-hetero) is 1. The van der Waals surface area contributed by atoms with E-state index in [4.69, 9.17) is 22.1 Å². The van der Waals surface area contributed by atoms with Crippen molar-refractivity contribution in [2.75, 3.05) is 6.54 Å². The van der Waals surface area contributed by atoms with Crippen LogP contribution in [0.2, 0.25) is 5.02 Å². The third kappa shape index (κ3) is 6.63. The zero-order valence-corrected chi connectivity index (χ0v) is 20.8. The molecule has 2 N–H and O–H groups in total. The van der Waals surface area contributed by atoms with Gasteiger partial charge in [-0.3, -0.25) is 14.6 Å². The second-order valence-electron chi connectivity index (χ2n) is 8.14. The number of nitrogens with two attached hydrogens (primary N) is 1. The maximum atomic E-state index is 14.2. The first kappa shape index (κ1) is 26.7. The molecule has 0 radical (unpaired) electrons. The summed E-state index contributed by atoms with van der Waals surface area (Å²) in [7, 11) is 0. The average molecular weight is 515 g/mol. The predicted octanol–water partition coefficient (Wildman–Crippen LogP) is 5.32. The number of para-hydroxylation sites is 1. The first-order valence-electron chi connectivity index (χ1n) is 11.0. The van der Waals surface area contributed by atoms with Crippen molar-refractivity contribution in [2.45, 2.75) is 33.9 Å². The largest absolute Gasteiger partial charge is 0.487 e. The molecule has 0 spiro atoms. The average Bonchev–Trinajstić information content (AvgIpc) is 2.81. The van der Waals surface area contributed by atoms with Crippen molar-refractivity contribution in [1.82, 2.24) is 9.88 Å². The summed E-state index contributed by atoms with van der Waals surface area (Å²) in [6.45, 7) is 4.28. The van der Waals surface area contributed by atoms with Gasteiger partial charge >= 0.3 is 0 Å². The smallest absolute Gasteiger partial charge is 0.220 e. The SMILES string of the molecule is CC(=O)CN(Cc1cc(F)cc(Cl)c1COc1cccc2c(N=CC(F)=CN)cc(C)nc12)C(C)=O. The molecule has 3 rings (SSSR count). The number of halogens is 3. The van der Waals surface area contributed by atoms with Gasteiger partial charge in [-0.25, -0.2) is 13.8 Å². The van der Waals surface area contributed by atoms with Crippen LogP contribution in [-0.4, -0.2) is 34.3 Å². The fourth-order valence-electron chi connectivity index (χ4n) is 3.59. The molecule has 0 saturated carbocycles. The van der Waals surface area contributed by atoms with E-state index in [1.54, 1.807) is 31.2 Å². The highest BCUT2D eigenvalue weighted by Gasteiger charge is 2.18. The first-order chi connectivity index (χ1) is 17.1. The van der Waals surface area contributed by atoms with Gasteiger partial charge < -0.3 is 15.4 Å². The summed E-state index contributed by atoms with van der Waals surface area (Å²) in [4.78, 5) is 33.6. The van der Waals surface area contributed by atoms with Gasteiger partial charge in [-0.05, 0) is 43.7 Å². The van der Waals surface area contributed by atoms with E-state index in [-0.39, 0.29) is 36.4 Å². The number of amides is 1. The Bertz CT molecular complexity index is 1380. The van der Waals surface area contributed by atoms with Crippen molar-refractivity contribution in [2.24, 2.45) is 10.7 Å². The van der Waals surface area contributed by atoms with Crippen LogP contribution >= 0.6 is 11.6 Å². The van der Waals surface area contributed by atoms with Crippen LogP contribution in [0.15, 0.2) is 53.4 Å². The van der Waals surface area contributed by atoms with Crippen LogP contribution < -0.4 is 10.5 Å². The van der Waals surface area contributed by atoms with Crippen molar-refractivity contribution in [3.63, 3.8) is 0 Å². The lowest BCUT2D eigenvalue weighted by Gasteiger charge is -2.22. The van der Waals surface area contributed by atoms with Gasteiger partial charge in [-0.2, -0.15) is 0 Å². The molecule has 0 saturated heterocycles. The summed E-state index contributed by atoms with van der Waals surface area (Å²) >= 11 is 6.35. The van der Waals surface area contributed by atoms with Crippen LogP contribution in [0.4, 0.5) is 14.5 Å². The summed E-state index contributed by atoms with van der Waals surface area (Å²) in [6.07, 6.45) is 1.82. The van der Waals surface area contributed by atoms with Crippen molar-refractivity contribution < 1.29 is 23.1 Å². The normalized spacial score (nSPS) is 11.8. The lowest BCUT2D eigenvalue weighted by atomic mass is 10.1. The van der Waals surface area contributed by atoms with Crippen molar-refractivity contribution in [3.8, 4) is 5.75 Å². The molecule has 7 nitrogen and oxygen atoms in total. The number of benzene rings is 2. The van der Waals surface area contributed by atoms with Crippen LogP contribution in [0.3, 0.4) is 0 Å². The van der Waals surface area contributed by atoms with Gasteiger partial charge in [-0.15, -0.1) is 0 Å². The standard InChI is InChI=1S/C26H25ClF2N4O3/c1-15-7-24(31-11-20(29)10-30)21-5-4-6-25(26(21)32-15)36-14-22-18(8-19(28)9-23(22)27)13-33(17(3)35)12-16(2)34/h4-11H,12-14,30H2,1-3H3. The number of pyridine rings is 1. The fraction of sp³-hybridized carbons (Fsp3) is 0.231. The Morgan fingerprint density at radius 3 is 2.67 bits per heavy atom. The zero-order chi connectivity index (χ0) is 26.4. The van der Waals surface area contributed by atoms with E-state index < -0.39 is 11.6 Å². The van der Waals surface area contributed by atoms with E-state index in [2.05, 4.69) is 9.98 Å². The van der Waals surface area contributed by atoms with E-state index in [0.29, 0.717) is 39.2 Å². The highest BCUT2D eigenvalue weighted by molar-refractivity contribution is 6.31. The van der Waals surface area contributed by atoms with E-state index in [1.165, 1.54) is 24.8 Å². The van der Waals surface area contributed by atoms with E-state index in [9.17, 15) is 18.4 Å². The molecule has 0 aliphatic heterocycles. The molecule has 1 amide bonds. The van der Waals surface area contributed by atoms with Gasteiger partial charge in [-0.1, -0.05) is 23.7 Å². The number of hydrogen-bond acceptors (Lipinski definition) is 6. The Balaban J connectivity index is 1.98. The fourth-order valence-corrected chi connectivity index (χ4v) is 3.87. The van der Waals surface area contributed by atoms with Crippen LogP contribution in [0.25, 0.3) is 10.9 Å². The van der Waals surface area contributed by atoms with Gasteiger partial charge in [0.1, 0.15) is 29.5 Å². The minimum absolute atomic E-state index is 0.0168. The third-order valence-corrected chi connectivity index (χ3v) is 5.58. The van der Waals surface area contributed by atoms with Crippen molar-refractivity contribution >= 4 is 46.1 Å². The number of hydrogen-bond donors (Lipinski definition) is 1. The van der Waals surface area contributed by atoms with Crippen molar-refractivity contribution in [1.29, 1.82) is 0 Å². The molecule has 36 heavy (non-hydrogen) atoms. The first-order valence-corrected chi connectivity index (χ1v) is 11.3. The van der Waals surface area contributed by atoms with E-state index in [0.717, 1.165) is 18.5 Å². The number of carbonyl (C=O) groups excluding carboxylic acids is 2. The molecule has 1 aromatic heterocycles. The van der Waals surface area contributed by atoms with Gasteiger partial charge in [0.05, 0.1) is 23.5 Å². The Morgan fingerprint density at radius 1 is 1.25 bits per heavy atom. The Kier molecular flexibility index (Phi) is 8.71. The molecule has 3 aromatic rings. The number of aryl methyl sites for hydroxylation is 1. The molecular weight excluding hydrogens is 490 g/mol. The predicted molar refractivity (Wildman–Crippen MR) is 136 cm³/mol. The number of ketones is 1. The molecule has 0 fully saturated rings. The lowest BCUT2D eigenvalue weighted by molar-refractivity contribution is -0.133. The number of nitrogens with zero attached hydrogens (tertiary/aromatic N) is 3. The molecule has 0 aliphatic carbocycles. The maximum Gasteiger partial charge on any atom is 0.220 e. The third-order valence-electron chi connectivity index (χ3n) is 5.24. The van der Waals surface area contributed by atoms with E-state index in [1.807, 2.05) is 0 Å². The Morgan fingerprint density at radius 2 is 2.00 bits per heavy atom. The Labute approximate surface area is 212 Å². The summed E-state index contributed by atoms with van der Waals surface area (Å²) in [5.74, 6) is -1.40. The minimum Gasteiger partial charge on any atom is -0.487 e. The molecule has 2 aromatic carbocycles. The summed E-state index contributed by atoms with van der Waals surface area (Å²) in [5.41, 5.74) is 7.64. The molecule has 1 heterocycles. The highest BCUT2D eigenvalue weighted by Crippen LogP contribution is 2.33. The molecule has 10 heteroatoms. The molecule has 0 unspecified atom stereocenters. The van der Waals surface area contributed by atoms with Crippen LogP contribution in [0, 0.1) is 12.7 Å². The zero-order valence-electron chi connectivity index (χ0n) is 20.0. The van der Waals surface area contributed by atoms with Gasteiger partial charge in [0, 0.05) is 36.3 Å². The monoisotopic (exact) mass is 514 g/mol. The molecular formula is C26H25ClF2N4O3. The quantitative estimate of drug-likeness (QED) is 0.389. The molecule has 0 aliphatic rings. The molecule has 0 atom stereocenters. The van der Waals surface area contributed by atoms with Gasteiger partial charge in [0.25, 0.3) is 0 Å².